The maximum Gasteiger partial charge on any atom is 0.0417 e. The van der Waals surface area contributed by atoms with Crippen LogP contribution in [-0.2, 0) is 6.54 Å². The van der Waals surface area contributed by atoms with E-state index in [2.05, 4.69) is 34.6 Å². The number of rotatable bonds is 2. The second kappa shape index (κ2) is 5.52. The average Bonchev–Trinajstić information content (AvgIpc) is 2.50. The Morgan fingerprint density at radius 2 is 2.33 bits per heavy atom. The number of hydrogen-bond donors (Lipinski definition) is 0. The molecule has 0 N–H and O–H groups in total. The molecule has 0 saturated carbocycles. The Labute approximate surface area is 96.1 Å². The lowest BCUT2D eigenvalue weighted by Crippen LogP contribution is -2.25. The molecule has 3 heteroatoms. The smallest absolute Gasteiger partial charge is 0.0417 e. The molecule has 0 radical (unpaired) electrons. The largest absolute Gasteiger partial charge is 0.298 e. The van der Waals surface area contributed by atoms with E-state index in [4.69, 9.17) is 0 Å². The van der Waals surface area contributed by atoms with Crippen molar-refractivity contribution in [2.45, 2.75) is 19.9 Å². The van der Waals surface area contributed by atoms with Gasteiger partial charge in [-0.25, -0.2) is 0 Å². The normalized spacial score (nSPS) is 18.7. The minimum absolute atomic E-state index is 1.07. The van der Waals surface area contributed by atoms with Crippen molar-refractivity contribution in [3.8, 4) is 0 Å². The summed E-state index contributed by atoms with van der Waals surface area (Å²) in [5.74, 6) is 2.60. The molecule has 2 rings (SSSR count). The van der Waals surface area contributed by atoms with Gasteiger partial charge in [0, 0.05) is 30.7 Å². The van der Waals surface area contributed by atoms with Gasteiger partial charge in [-0.2, -0.15) is 11.8 Å². The van der Waals surface area contributed by atoms with Crippen LogP contribution in [-0.4, -0.2) is 34.5 Å². The van der Waals surface area contributed by atoms with Gasteiger partial charge in [0.2, 0.25) is 0 Å². The summed E-state index contributed by atoms with van der Waals surface area (Å²) in [6, 6.07) is 4.23. The first-order valence-electron chi connectivity index (χ1n) is 5.57. The second-order valence-corrected chi connectivity index (χ2v) is 5.21. The molecule has 0 aliphatic carbocycles. The molecule has 0 atom stereocenters. The Morgan fingerprint density at radius 3 is 3.20 bits per heavy atom. The Bertz CT molecular complexity index is 306. The first-order chi connectivity index (χ1) is 7.36. The fourth-order valence-electron chi connectivity index (χ4n) is 1.88. The Hall–Kier alpha value is -0.540. The Kier molecular flexibility index (Phi) is 4.03. The molecule has 1 saturated heterocycles. The molecular weight excluding hydrogens is 204 g/mol. The van der Waals surface area contributed by atoms with Crippen LogP contribution >= 0.6 is 11.8 Å². The van der Waals surface area contributed by atoms with Crippen LogP contribution in [0.15, 0.2) is 18.3 Å². The average molecular weight is 222 g/mol. The zero-order chi connectivity index (χ0) is 10.5. The van der Waals surface area contributed by atoms with Gasteiger partial charge in [-0.3, -0.25) is 9.88 Å². The van der Waals surface area contributed by atoms with Crippen LogP contribution in [0.4, 0.5) is 0 Å². The maximum atomic E-state index is 4.34. The molecule has 1 aliphatic heterocycles. The maximum absolute atomic E-state index is 4.34. The van der Waals surface area contributed by atoms with Crippen molar-refractivity contribution in [1.29, 1.82) is 0 Å². The van der Waals surface area contributed by atoms with Gasteiger partial charge in [-0.15, -0.1) is 0 Å². The first kappa shape index (κ1) is 11.0. The van der Waals surface area contributed by atoms with Crippen LogP contribution in [0.1, 0.15) is 17.7 Å². The van der Waals surface area contributed by atoms with E-state index in [0.29, 0.717) is 0 Å². The lowest BCUT2D eigenvalue weighted by Gasteiger charge is -2.20. The van der Waals surface area contributed by atoms with E-state index in [1.165, 1.54) is 42.3 Å². The fraction of sp³-hybridized carbons (Fsp3) is 0.583. The molecule has 0 bridgehead atoms. The molecule has 0 aromatic carbocycles. The van der Waals surface area contributed by atoms with Crippen molar-refractivity contribution < 1.29 is 0 Å². The zero-order valence-electron chi connectivity index (χ0n) is 9.28. The van der Waals surface area contributed by atoms with Gasteiger partial charge in [0.15, 0.2) is 0 Å². The monoisotopic (exact) mass is 222 g/mol. The highest BCUT2D eigenvalue weighted by Gasteiger charge is 2.10. The standard InChI is InChI=1S/C12H18N2S/c1-11-12(4-2-5-13-11)10-14-6-3-8-15-9-7-14/h2,4-5H,3,6-10H2,1H3. The third-order valence-corrected chi connectivity index (χ3v) is 3.87. The van der Waals surface area contributed by atoms with E-state index >= 15 is 0 Å². The van der Waals surface area contributed by atoms with E-state index in [-0.39, 0.29) is 0 Å². The molecule has 0 spiro atoms. The quantitative estimate of drug-likeness (QED) is 0.764. The molecule has 1 aliphatic rings. The van der Waals surface area contributed by atoms with Gasteiger partial charge >= 0.3 is 0 Å². The van der Waals surface area contributed by atoms with Gasteiger partial charge < -0.3 is 0 Å². The van der Waals surface area contributed by atoms with Gasteiger partial charge in [-0.05, 0) is 37.3 Å². The van der Waals surface area contributed by atoms with E-state index in [1.54, 1.807) is 0 Å². The highest BCUT2D eigenvalue weighted by molar-refractivity contribution is 7.99. The highest BCUT2D eigenvalue weighted by atomic mass is 32.2. The Balaban J connectivity index is 1.98. The van der Waals surface area contributed by atoms with Crippen molar-refractivity contribution in [2.75, 3.05) is 24.6 Å². The van der Waals surface area contributed by atoms with Crippen LogP contribution in [0.3, 0.4) is 0 Å². The summed E-state index contributed by atoms with van der Waals surface area (Å²) >= 11 is 2.08. The summed E-state index contributed by atoms with van der Waals surface area (Å²) in [6.07, 6.45) is 3.20. The van der Waals surface area contributed by atoms with E-state index in [1.807, 2.05) is 12.3 Å². The van der Waals surface area contributed by atoms with Crippen molar-refractivity contribution in [2.24, 2.45) is 0 Å². The highest BCUT2D eigenvalue weighted by Crippen LogP contribution is 2.14. The van der Waals surface area contributed by atoms with Gasteiger partial charge in [-0.1, -0.05) is 6.07 Å². The predicted octanol–water partition coefficient (Wildman–Crippen LogP) is 2.33. The van der Waals surface area contributed by atoms with Crippen LogP contribution in [0.2, 0.25) is 0 Å². The van der Waals surface area contributed by atoms with E-state index in [0.717, 1.165) is 6.54 Å². The summed E-state index contributed by atoms with van der Waals surface area (Å²) < 4.78 is 0. The number of aromatic nitrogens is 1. The summed E-state index contributed by atoms with van der Waals surface area (Å²) in [4.78, 5) is 6.88. The second-order valence-electron chi connectivity index (χ2n) is 3.99. The molecule has 82 valence electrons. The zero-order valence-corrected chi connectivity index (χ0v) is 10.1. The predicted molar refractivity (Wildman–Crippen MR) is 66.2 cm³/mol. The Morgan fingerprint density at radius 1 is 1.40 bits per heavy atom. The number of thioether (sulfide) groups is 1. The van der Waals surface area contributed by atoms with Crippen LogP contribution < -0.4 is 0 Å². The third-order valence-electron chi connectivity index (χ3n) is 2.83. The number of nitrogens with zero attached hydrogens (tertiary/aromatic N) is 2. The van der Waals surface area contributed by atoms with Crippen molar-refractivity contribution in [3.63, 3.8) is 0 Å². The topological polar surface area (TPSA) is 16.1 Å². The molecule has 2 nitrogen and oxygen atoms in total. The number of pyridine rings is 1. The minimum atomic E-state index is 1.07. The summed E-state index contributed by atoms with van der Waals surface area (Å²) in [5, 5.41) is 0. The van der Waals surface area contributed by atoms with Crippen LogP contribution in [0.25, 0.3) is 0 Å². The lowest BCUT2D eigenvalue weighted by atomic mass is 10.2. The van der Waals surface area contributed by atoms with Crippen LogP contribution in [0, 0.1) is 6.92 Å². The SMILES string of the molecule is Cc1ncccc1CN1CCCSCC1. The number of aryl methyl sites for hydroxylation is 1. The van der Waals surface area contributed by atoms with Gasteiger partial charge in [0.05, 0.1) is 0 Å². The van der Waals surface area contributed by atoms with Crippen molar-refractivity contribution >= 4 is 11.8 Å². The molecule has 15 heavy (non-hydrogen) atoms. The third kappa shape index (κ3) is 3.21. The molecule has 1 aromatic rings. The van der Waals surface area contributed by atoms with E-state index < -0.39 is 0 Å². The van der Waals surface area contributed by atoms with Crippen molar-refractivity contribution in [3.05, 3.63) is 29.6 Å². The molecule has 0 amide bonds. The van der Waals surface area contributed by atoms with Gasteiger partial charge in [0.25, 0.3) is 0 Å². The summed E-state index contributed by atoms with van der Waals surface area (Å²) in [6.45, 7) is 5.63. The molecule has 1 aromatic heterocycles. The fourth-order valence-corrected chi connectivity index (χ4v) is 2.81. The van der Waals surface area contributed by atoms with Crippen molar-refractivity contribution in [1.82, 2.24) is 9.88 Å². The van der Waals surface area contributed by atoms with Crippen LogP contribution in [0.5, 0.6) is 0 Å². The van der Waals surface area contributed by atoms with Gasteiger partial charge in [0.1, 0.15) is 0 Å². The molecule has 1 fully saturated rings. The molecule has 2 heterocycles. The minimum Gasteiger partial charge on any atom is -0.298 e. The molecular formula is C12H18N2S. The molecule has 0 unspecified atom stereocenters. The number of hydrogen-bond acceptors (Lipinski definition) is 3. The lowest BCUT2D eigenvalue weighted by molar-refractivity contribution is 0.286. The summed E-state index contributed by atoms with van der Waals surface area (Å²) in [5.41, 5.74) is 2.55. The summed E-state index contributed by atoms with van der Waals surface area (Å²) in [7, 11) is 0. The van der Waals surface area contributed by atoms with E-state index in [9.17, 15) is 0 Å². The first-order valence-corrected chi connectivity index (χ1v) is 6.72.